The Hall–Kier alpha value is -2.21. The maximum absolute atomic E-state index is 11.6. The fourth-order valence-corrected chi connectivity index (χ4v) is 1.67. The average Bonchev–Trinajstić information content (AvgIpc) is 2.41. The number of hydrogen-bond donors (Lipinski definition) is 2. The lowest BCUT2D eigenvalue weighted by molar-refractivity contribution is -0.144. The van der Waals surface area contributed by atoms with Gasteiger partial charge >= 0.3 is 5.97 Å². The number of esters is 1. The number of H-pyrrole nitrogens is 2. The lowest BCUT2D eigenvalue weighted by Gasteiger charge is -2.04. The number of hydrogen-bond acceptors (Lipinski definition) is 4. The van der Waals surface area contributed by atoms with Crippen molar-refractivity contribution in [1.29, 1.82) is 0 Å². The minimum absolute atomic E-state index is 0.0890. The topological polar surface area (TPSA) is 75.0 Å². The van der Waals surface area contributed by atoms with Crippen LogP contribution in [-0.2, 0) is 22.6 Å². The molecule has 0 fully saturated rings. The van der Waals surface area contributed by atoms with Gasteiger partial charge in [0.25, 0.3) is 5.56 Å². The number of aromatic amines is 2. The highest BCUT2D eigenvalue weighted by Gasteiger charge is 2.08. The normalized spacial score (nSPS) is 10.1. The van der Waals surface area contributed by atoms with Crippen LogP contribution >= 0.6 is 12.2 Å². The van der Waals surface area contributed by atoms with E-state index in [1.54, 1.807) is 0 Å². The summed E-state index contributed by atoms with van der Waals surface area (Å²) in [6.07, 6.45) is 1.33. The van der Waals surface area contributed by atoms with Gasteiger partial charge in [-0.2, -0.15) is 0 Å². The number of rotatable bonds is 4. The number of carbonyl (C=O) groups excluding carboxylic acids is 1. The maximum Gasteiger partial charge on any atom is 0.310 e. The highest BCUT2D eigenvalue weighted by atomic mass is 32.1. The molecule has 98 valence electrons. The van der Waals surface area contributed by atoms with E-state index in [1.807, 2.05) is 30.3 Å². The Balaban J connectivity index is 1.95. The highest BCUT2D eigenvalue weighted by Crippen LogP contribution is 2.02. The molecule has 0 aliphatic heterocycles. The van der Waals surface area contributed by atoms with E-state index in [1.165, 1.54) is 6.20 Å². The first kappa shape index (κ1) is 13.2. The Morgan fingerprint density at radius 1 is 1.26 bits per heavy atom. The summed E-state index contributed by atoms with van der Waals surface area (Å²) in [6, 6.07) is 9.34. The van der Waals surface area contributed by atoms with Crippen LogP contribution in [0.25, 0.3) is 0 Å². The quantitative estimate of drug-likeness (QED) is 0.658. The predicted molar refractivity (Wildman–Crippen MR) is 72.2 cm³/mol. The standard InChI is InChI=1S/C13H12N2O3S/c16-11(18-8-9-4-2-1-3-5-9)6-10-7-14-13(19)15-12(10)17/h1-5,7H,6,8H2,(H2,14,15,17,19). The van der Waals surface area contributed by atoms with Gasteiger partial charge in [0.05, 0.1) is 6.42 Å². The van der Waals surface area contributed by atoms with Gasteiger partial charge < -0.3 is 9.72 Å². The molecule has 19 heavy (non-hydrogen) atoms. The molecule has 6 heteroatoms. The van der Waals surface area contributed by atoms with Crippen molar-refractivity contribution in [2.45, 2.75) is 13.0 Å². The Bertz CT molecular complexity index is 676. The number of aromatic nitrogens is 2. The van der Waals surface area contributed by atoms with Crippen molar-refractivity contribution in [3.8, 4) is 0 Å². The van der Waals surface area contributed by atoms with Gasteiger partial charge in [-0.1, -0.05) is 30.3 Å². The number of ether oxygens (including phenoxy) is 1. The summed E-state index contributed by atoms with van der Waals surface area (Å²) >= 11 is 4.76. The average molecular weight is 276 g/mol. The van der Waals surface area contributed by atoms with E-state index >= 15 is 0 Å². The van der Waals surface area contributed by atoms with E-state index in [0.29, 0.717) is 5.56 Å². The minimum Gasteiger partial charge on any atom is -0.461 e. The molecule has 2 N–H and O–H groups in total. The largest absolute Gasteiger partial charge is 0.461 e. The zero-order valence-corrected chi connectivity index (χ0v) is 10.8. The SMILES string of the molecule is O=C(Cc1c[nH]c(=S)[nH]c1=O)OCc1ccccc1. The van der Waals surface area contributed by atoms with Crippen LogP contribution in [0.2, 0.25) is 0 Å². The molecule has 0 saturated heterocycles. The lowest BCUT2D eigenvalue weighted by Crippen LogP contribution is -2.18. The summed E-state index contributed by atoms with van der Waals surface area (Å²) < 4.78 is 5.31. The molecule has 1 aromatic carbocycles. The third kappa shape index (κ3) is 3.89. The second-order valence-corrected chi connectivity index (χ2v) is 4.33. The van der Waals surface area contributed by atoms with Gasteiger partial charge in [0.15, 0.2) is 4.77 Å². The molecular formula is C13H12N2O3S. The molecule has 5 nitrogen and oxygen atoms in total. The smallest absolute Gasteiger partial charge is 0.310 e. The maximum atomic E-state index is 11.6. The van der Waals surface area contributed by atoms with Crippen LogP contribution in [0.5, 0.6) is 0 Å². The molecule has 0 atom stereocenters. The second-order valence-electron chi connectivity index (χ2n) is 3.92. The summed E-state index contributed by atoms with van der Waals surface area (Å²) in [7, 11) is 0. The summed E-state index contributed by atoms with van der Waals surface area (Å²) in [4.78, 5) is 28.2. The van der Waals surface area contributed by atoms with E-state index in [2.05, 4.69) is 9.97 Å². The molecule has 0 amide bonds. The highest BCUT2D eigenvalue weighted by molar-refractivity contribution is 7.71. The van der Waals surface area contributed by atoms with Gasteiger partial charge in [-0.25, -0.2) is 0 Å². The first-order chi connectivity index (χ1) is 9.15. The van der Waals surface area contributed by atoms with Crippen LogP contribution in [-0.4, -0.2) is 15.9 Å². The fourth-order valence-electron chi connectivity index (χ4n) is 1.51. The van der Waals surface area contributed by atoms with Crippen molar-refractivity contribution in [2.75, 3.05) is 0 Å². The molecule has 1 heterocycles. The number of benzene rings is 1. The Morgan fingerprint density at radius 3 is 2.68 bits per heavy atom. The third-order valence-corrected chi connectivity index (χ3v) is 2.69. The monoisotopic (exact) mass is 276 g/mol. The Morgan fingerprint density at radius 2 is 2.00 bits per heavy atom. The van der Waals surface area contributed by atoms with E-state index in [4.69, 9.17) is 17.0 Å². The molecular weight excluding hydrogens is 264 g/mol. The molecule has 0 spiro atoms. The van der Waals surface area contributed by atoms with Gasteiger partial charge in [0, 0.05) is 11.8 Å². The molecule has 1 aromatic heterocycles. The predicted octanol–water partition coefficient (Wildman–Crippen LogP) is 1.72. The van der Waals surface area contributed by atoms with Crippen LogP contribution in [0.1, 0.15) is 11.1 Å². The molecule has 0 radical (unpaired) electrons. The van der Waals surface area contributed by atoms with E-state index in [0.717, 1.165) is 5.56 Å². The summed E-state index contributed by atoms with van der Waals surface area (Å²) in [5.41, 5.74) is 0.823. The second kappa shape index (κ2) is 6.10. The van der Waals surface area contributed by atoms with Crippen molar-refractivity contribution in [1.82, 2.24) is 9.97 Å². The van der Waals surface area contributed by atoms with Crippen molar-refractivity contribution in [2.24, 2.45) is 0 Å². The van der Waals surface area contributed by atoms with Crippen LogP contribution in [0.15, 0.2) is 41.3 Å². The van der Waals surface area contributed by atoms with E-state index in [-0.39, 0.29) is 23.4 Å². The van der Waals surface area contributed by atoms with Crippen molar-refractivity contribution < 1.29 is 9.53 Å². The lowest BCUT2D eigenvalue weighted by atomic mass is 10.2. The van der Waals surface area contributed by atoms with E-state index < -0.39 is 5.97 Å². The van der Waals surface area contributed by atoms with Gasteiger partial charge in [-0.05, 0) is 17.8 Å². The van der Waals surface area contributed by atoms with Gasteiger partial charge in [0.1, 0.15) is 6.61 Å². The number of carbonyl (C=O) groups is 1. The van der Waals surface area contributed by atoms with Crippen molar-refractivity contribution >= 4 is 18.2 Å². The van der Waals surface area contributed by atoms with Crippen LogP contribution < -0.4 is 5.56 Å². The summed E-state index contributed by atoms with van der Waals surface area (Å²) in [5.74, 6) is -0.458. The number of nitrogens with one attached hydrogen (secondary N) is 2. The first-order valence-corrected chi connectivity index (χ1v) is 6.06. The third-order valence-electron chi connectivity index (χ3n) is 2.47. The van der Waals surface area contributed by atoms with Crippen LogP contribution in [0, 0.1) is 4.77 Å². The molecule has 0 aliphatic rings. The molecule has 0 saturated carbocycles. The zero-order valence-electron chi connectivity index (χ0n) is 10.0. The first-order valence-electron chi connectivity index (χ1n) is 5.65. The fraction of sp³-hybridized carbons (Fsp3) is 0.154. The Kier molecular flexibility index (Phi) is 4.25. The van der Waals surface area contributed by atoms with Crippen LogP contribution in [0.4, 0.5) is 0 Å². The zero-order chi connectivity index (χ0) is 13.7. The van der Waals surface area contributed by atoms with E-state index in [9.17, 15) is 9.59 Å². The summed E-state index contributed by atoms with van der Waals surface area (Å²) in [5, 5.41) is 0. The molecule has 0 bridgehead atoms. The minimum atomic E-state index is -0.458. The van der Waals surface area contributed by atoms with Gasteiger partial charge in [-0.3, -0.25) is 14.6 Å². The molecule has 0 aliphatic carbocycles. The summed E-state index contributed by atoms with van der Waals surface area (Å²) in [6.45, 7) is 0.195. The van der Waals surface area contributed by atoms with Crippen molar-refractivity contribution in [3.05, 3.63) is 62.8 Å². The van der Waals surface area contributed by atoms with Crippen LogP contribution in [0.3, 0.4) is 0 Å². The molecule has 0 unspecified atom stereocenters. The van der Waals surface area contributed by atoms with Gasteiger partial charge in [-0.15, -0.1) is 0 Å². The van der Waals surface area contributed by atoms with Crippen molar-refractivity contribution in [3.63, 3.8) is 0 Å². The molecule has 2 aromatic rings. The Labute approximate surface area is 114 Å². The molecule has 2 rings (SSSR count). The van der Waals surface area contributed by atoms with Gasteiger partial charge in [0.2, 0.25) is 0 Å².